The van der Waals surface area contributed by atoms with Gasteiger partial charge in [-0.05, 0) is 44.4 Å². The molecular weight excluding hydrogens is 366 g/mol. The largest absolute Gasteiger partial charge is 0.383 e. The number of aromatic nitrogens is 1. The molecule has 2 aliphatic heterocycles. The minimum absolute atomic E-state index is 0.0130. The van der Waals surface area contributed by atoms with Gasteiger partial charge in [0.25, 0.3) is 5.91 Å². The Labute approximate surface area is 172 Å². The standard InChI is InChI=1S/C23H31N3O3/c1-25(12-13-28-2)15-18-14-23(29-16-18)10-5-11-26(17-23)22(27)21-9-8-19-6-3-4-7-20(19)24-21/h3-4,6-9,18H,5,10-17H2,1-2H3/t18-,23-/m0/s1. The lowest BCUT2D eigenvalue weighted by atomic mass is 9.86. The van der Waals surface area contributed by atoms with Gasteiger partial charge in [0.1, 0.15) is 5.69 Å². The molecule has 2 aliphatic rings. The number of methoxy groups -OCH3 is 1. The second-order valence-electron chi connectivity index (χ2n) is 8.54. The van der Waals surface area contributed by atoms with Gasteiger partial charge in [0.15, 0.2) is 0 Å². The molecule has 0 unspecified atom stereocenters. The van der Waals surface area contributed by atoms with Crippen LogP contribution in [0.5, 0.6) is 0 Å². The number of carbonyl (C=O) groups excluding carboxylic acids is 1. The van der Waals surface area contributed by atoms with Gasteiger partial charge >= 0.3 is 0 Å². The van der Waals surface area contributed by atoms with E-state index in [0.717, 1.165) is 63.0 Å². The highest BCUT2D eigenvalue weighted by atomic mass is 16.5. The van der Waals surface area contributed by atoms with Crippen molar-refractivity contribution >= 4 is 16.8 Å². The molecule has 2 fully saturated rings. The lowest BCUT2D eigenvalue weighted by Gasteiger charge is -2.39. The number of ether oxygens (including phenoxy) is 2. The van der Waals surface area contributed by atoms with Crippen LogP contribution in [-0.2, 0) is 9.47 Å². The zero-order chi connectivity index (χ0) is 20.3. The number of amides is 1. The molecular formula is C23H31N3O3. The summed E-state index contributed by atoms with van der Waals surface area (Å²) >= 11 is 0. The topological polar surface area (TPSA) is 54.9 Å². The van der Waals surface area contributed by atoms with E-state index < -0.39 is 0 Å². The van der Waals surface area contributed by atoms with Crippen molar-refractivity contribution in [2.45, 2.75) is 24.9 Å². The summed E-state index contributed by atoms with van der Waals surface area (Å²) in [5.74, 6) is 0.518. The minimum Gasteiger partial charge on any atom is -0.383 e. The van der Waals surface area contributed by atoms with Crippen molar-refractivity contribution in [2.24, 2.45) is 5.92 Å². The van der Waals surface area contributed by atoms with Gasteiger partial charge in [0, 0.05) is 32.1 Å². The van der Waals surface area contributed by atoms with Gasteiger partial charge in [0.2, 0.25) is 0 Å². The summed E-state index contributed by atoms with van der Waals surface area (Å²) in [6.45, 7) is 4.89. The highest BCUT2D eigenvalue weighted by Gasteiger charge is 2.44. The zero-order valence-electron chi connectivity index (χ0n) is 17.5. The molecule has 156 valence electrons. The van der Waals surface area contributed by atoms with Crippen molar-refractivity contribution in [2.75, 3.05) is 53.6 Å². The van der Waals surface area contributed by atoms with Crippen molar-refractivity contribution in [3.05, 3.63) is 42.1 Å². The highest BCUT2D eigenvalue weighted by Crippen LogP contribution is 2.38. The Morgan fingerprint density at radius 2 is 2.21 bits per heavy atom. The lowest BCUT2D eigenvalue weighted by molar-refractivity contribution is -0.0451. The second-order valence-corrected chi connectivity index (χ2v) is 8.54. The van der Waals surface area contributed by atoms with Crippen molar-refractivity contribution in [1.29, 1.82) is 0 Å². The maximum atomic E-state index is 13.1. The molecule has 1 spiro atoms. The van der Waals surface area contributed by atoms with E-state index in [-0.39, 0.29) is 11.5 Å². The van der Waals surface area contributed by atoms with Crippen LogP contribution in [0.15, 0.2) is 36.4 Å². The molecule has 1 aromatic carbocycles. The van der Waals surface area contributed by atoms with Crippen molar-refractivity contribution in [3.8, 4) is 0 Å². The number of hydrogen-bond acceptors (Lipinski definition) is 5. The second kappa shape index (κ2) is 8.78. The van der Waals surface area contributed by atoms with Crippen LogP contribution in [0.3, 0.4) is 0 Å². The Hall–Kier alpha value is -2.02. The number of fused-ring (bicyclic) bond motifs is 1. The van der Waals surface area contributed by atoms with E-state index in [1.54, 1.807) is 7.11 Å². The van der Waals surface area contributed by atoms with Crippen LogP contribution < -0.4 is 0 Å². The third-order valence-electron chi connectivity index (χ3n) is 6.18. The number of pyridine rings is 1. The summed E-state index contributed by atoms with van der Waals surface area (Å²) < 4.78 is 11.5. The monoisotopic (exact) mass is 397 g/mol. The number of benzene rings is 1. The van der Waals surface area contributed by atoms with Gasteiger partial charge < -0.3 is 19.3 Å². The van der Waals surface area contributed by atoms with Crippen molar-refractivity contribution in [1.82, 2.24) is 14.8 Å². The number of likely N-dealkylation sites (N-methyl/N-ethyl adjacent to an activating group) is 1. The van der Waals surface area contributed by atoms with Gasteiger partial charge in [0.05, 0.1) is 30.9 Å². The molecule has 6 heteroatoms. The quantitative estimate of drug-likeness (QED) is 0.750. The number of piperidine rings is 1. The summed E-state index contributed by atoms with van der Waals surface area (Å²) in [5, 5.41) is 1.05. The van der Waals surface area contributed by atoms with Crippen LogP contribution in [0.25, 0.3) is 10.9 Å². The van der Waals surface area contributed by atoms with Gasteiger partial charge in [-0.15, -0.1) is 0 Å². The van der Waals surface area contributed by atoms with Gasteiger partial charge in [-0.3, -0.25) is 4.79 Å². The van der Waals surface area contributed by atoms with Gasteiger partial charge in [-0.25, -0.2) is 4.98 Å². The number of nitrogens with zero attached hydrogens (tertiary/aromatic N) is 3. The minimum atomic E-state index is -0.197. The van der Waals surface area contributed by atoms with E-state index in [2.05, 4.69) is 16.9 Å². The predicted molar refractivity (Wildman–Crippen MR) is 113 cm³/mol. The van der Waals surface area contributed by atoms with E-state index in [0.29, 0.717) is 18.2 Å². The molecule has 1 amide bonds. The number of para-hydroxylation sites is 1. The average Bonchev–Trinajstić information content (AvgIpc) is 3.12. The first-order valence-corrected chi connectivity index (χ1v) is 10.6. The van der Waals surface area contributed by atoms with E-state index in [4.69, 9.17) is 9.47 Å². The predicted octanol–water partition coefficient (Wildman–Crippen LogP) is 2.82. The Kier molecular flexibility index (Phi) is 6.13. The van der Waals surface area contributed by atoms with Crippen LogP contribution in [-0.4, -0.2) is 79.8 Å². The highest BCUT2D eigenvalue weighted by molar-refractivity contribution is 5.95. The molecule has 2 atom stereocenters. The Morgan fingerprint density at radius 3 is 3.07 bits per heavy atom. The number of carbonyl (C=O) groups is 1. The number of rotatable bonds is 6. The summed E-state index contributed by atoms with van der Waals surface area (Å²) in [5.41, 5.74) is 1.19. The fourth-order valence-corrected chi connectivity index (χ4v) is 4.74. The Morgan fingerprint density at radius 1 is 1.34 bits per heavy atom. The Bertz CT molecular complexity index is 858. The molecule has 0 radical (unpaired) electrons. The molecule has 2 saturated heterocycles. The molecule has 0 saturated carbocycles. The number of likely N-dealkylation sites (tertiary alicyclic amines) is 1. The number of hydrogen-bond donors (Lipinski definition) is 0. The molecule has 4 rings (SSSR count). The summed E-state index contributed by atoms with van der Waals surface area (Å²) in [7, 11) is 3.87. The maximum Gasteiger partial charge on any atom is 0.272 e. The molecule has 2 aromatic rings. The van der Waals surface area contributed by atoms with Crippen LogP contribution in [0.2, 0.25) is 0 Å². The fraction of sp³-hybridized carbons (Fsp3) is 0.565. The van der Waals surface area contributed by atoms with Crippen LogP contribution in [0.4, 0.5) is 0 Å². The van der Waals surface area contributed by atoms with Crippen LogP contribution in [0, 0.1) is 5.92 Å². The first kappa shape index (κ1) is 20.3. The smallest absolute Gasteiger partial charge is 0.272 e. The van der Waals surface area contributed by atoms with E-state index in [1.807, 2.05) is 41.3 Å². The van der Waals surface area contributed by atoms with Gasteiger partial charge in [-0.2, -0.15) is 0 Å². The van der Waals surface area contributed by atoms with Gasteiger partial charge in [-0.1, -0.05) is 24.3 Å². The van der Waals surface area contributed by atoms with Crippen LogP contribution in [0.1, 0.15) is 29.8 Å². The molecule has 0 aliphatic carbocycles. The van der Waals surface area contributed by atoms with Crippen molar-refractivity contribution < 1.29 is 14.3 Å². The first-order valence-electron chi connectivity index (χ1n) is 10.6. The molecule has 29 heavy (non-hydrogen) atoms. The first-order chi connectivity index (χ1) is 14.1. The third-order valence-corrected chi connectivity index (χ3v) is 6.18. The molecule has 1 aromatic heterocycles. The maximum absolute atomic E-state index is 13.1. The molecule has 0 bridgehead atoms. The third kappa shape index (κ3) is 4.60. The molecule has 3 heterocycles. The average molecular weight is 398 g/mol. The summed E-state index contributed by atoms with van der Waals surface area (Å²) in [6.07, 6.45) is 3.02. The zero-order valence-corrected chi connectivity index (χ0v) is 17.5. The Balaban J connectivity index is 1.40. The lowest BCUT2D eigenvalue weighted by Crippen LogP contribution is -2.50. The summed E-state index contributed by atoms with van der Waals surface area (Å²) in [6, 6.07) is 11.7. The van der Waals surface area contributed by atoms with E-state index in [9.17, 15) is 4.79 Å². The van der Waals surface area contributed by atoms with Crippen molar-refractivity contribution in [3.63, 3.8) is 0 Å². The SMILES string of the molecule is COCCN(C)C[C@H]1CO[C@@]2(CCCN(C(=O)c3ccc4ccccc4n3)C2)C1. The normalized spacial score (nSPS) is 24.7. The van der Waals surface area contributed by atoms with Crippen LogP contribution >= 0.6 is 0 Å². The molecule has 0 N–H and O–H groups in total. The van der Waals surface area contributed by atoms with E-state index in [1.165, 1.54) is 0 Å². The fourth-order valence-electron chi connectivity index (χ4n) is 4.74. The molecule has 6 nitrogen and oxygen atoms in total. The van der Waals surface area contributed by atoms with E-state index >= 15 is 0 Å². The summed E-state index contributed by atoms with van der Waals surface area (Å²) in [4.78, 5) is 22.0.